The fraction of sp³-hybridized carbons (Fsp3) is 0.194. The minimum absolute atomic E-state index is 0.317. The van der Waals surface area contributed by atoms with Crippen LogP contribution in [-0.2, 0) is 4.79 Å². The van der Waals surface area contributed by atoms with E-state index in [0.717, 1.165) is 30.6 Å². The van der Waals surface area contributed by atoms with Crippen LogP contribution < -0.4 is 25.0 Å². The third-order valence-electron chi connectivity index (χ3n) is 6.28. The van der Waals surface area contributed by atoms with Crippen molar-refractivity contribution in [2.75, 3.05) is 56.9 Å². The maximum atomic E-state index is 12.3. The van der Waals surface area contributed by atoms with Gasteiger partial charge in [-0.3, -0.25) is 9.78 Å². The van der Waals surface area contributed by atoms with E-state index >= 15 is 0 Å². The fourth-order valence-corrected chi connectivity index (χ4v) is 4.08. The van der Waals surface area contributed by atoms with Crippen LogP contribution in [0.15, 0.2) is 79.6 Å². The van der Waals surface area contributed by atoms with Gasteiger partial charge in [-0.15, -0.1) is 0 Å². The summed E-state index contributed by atoms with van der Waals surface area (Å²) in [4.78, 5) is 29.8. The van der Waals surface area contributed by atoms with E-state index in [2.05, 4.69) is 32.1 Å². The monoisotopic (exact) mass is 566 g/mol. The van der Waals surface area contributed by atoms with Crippen molar-refractivity contribution in [2.45, 2.75) is 0 Å². The first-order chi connectivity index (χ1) is 20.3. The Labute approximate surface area is 245 Å². The Morgan fingerprint density at radius 3 is 2.50 bits per heavy atom. The number of nitrogens with zero attached hydrogens (tertiary/aromatic N) is 5. The second-order valence-corrected chi connectivity index (χ2v) is 9.51. The number of carbonyl (C=O) groups excluding carboxylic acids is 1. The lowest BCUT2D eigenvalue weighted by Crippen LogP contribution is -2.29. The zero-order valence-corrected chi connectivity index (χ0v) is 24.1. The predicted molar refractivity (Wildman–Crippen MR) is 167 cm³/mol. The highest BCUT2D eigenvalue weighted by Crippen LogP contribution is 2.38. The molecule has 216 valence electrons. The first kappa shape index (κ1) is 29.7. The lowest BCUT2D eigenvalue weighted by Gasteiger charge is -2.26. The average Bonchev–Trinajstić information content (AvgIpc) is 3.00. The quantitative estimate of drug-likeness (QED) is 0.148. The smallest absolute Gasteiger partial charge is 0.247 e. The van der Waals surface area contributed by atoms with Gasteiger partial charge in [0.1, 0.15) is 17.2 Å². The summed E-state index contributed by atoms with van der Waals surface area (Å²) in [5.74, 6) is 1.55. The summed E-state index contributed by atoms with van der Waals surface area (Å²) in [6, 6.07) is 16.4. The van der Waals surface area contributed by atoms with Gasteiger partial charge >= 0.3 is 0 Å². The molecule has 4 rings (SSSR count). The highest BCUT2D eigenvalue weighted by atomic mass is 16.5. The van der Waals surface area contributed by atoms with Gasteiger partial charge in [0.2, 0.25) is 11.9 Å². The molecule has 0 bridgehead atoms. The molecule has 11 nitrogen and oxygen atoms in total. The summed E-state index contributed by atoms with van der Waals surface area (Å²) in [6.45, 7) is 5.13. The van der Waals surface area contributed by atoms with Crippen molar-refractivity contribution < 1.29 is 14.3 Å². The number of hydrogen-bond donors (Lipinski definition) is 3. The standard InChI is InChI=1S/C31H34N8O3/c1-6-30(40)35-23-18-24(29(41-5)19-26(23)39(4)17-16-38(2)3)37-31-34-15-13-22(36-31)21-10-7-8-11-27(21)42-28-12-9-14-33-25(28)20-32/h6-15,18-20,32H,1,16-17H2,2-5H3,(H,35,40)(H,34,36,37). The topological polar surface area (TPSA) is 129 Å². The minimum atomic E-state index is -0.331. The fourth-order valence-electron chi connectivity index (χ4n) is 4.08. The number of methoxy groups -OCH3 is 1. The number of likely N-dealkylation sites (N-methyl/N-ethyl adjacent to an activating group) is 2. The van der Waals surface area contributed by atoms with Crippen LogP contribution in [0.5, 0.6) is 17.2 Å². The van der Waals surface area contributed by atoms with E-state index in [1.54, 1.807) is 43.8 Å². The molecular weight excluding hydrogens is 532 g/mol. The lowest BCUT2D eigenvalue weighted by atomic mass is 10.1. The number of benzene rings is 2. The molecule has 0 spiro atoms. The molecule has 3 N–H and O–H groups in total. The number of anilines is 4. The van der Waals surface area contributed by atoms with E-state index < -0.39 is 0 Å². The van der Waals surface area contributed by atoms with Gasteiger partial charge in [0.05, 0.1) is 29.9 Å². The van der Waals surface area contributed by atoms with Gasteiger partial charge in [-0.2, -0.15) is 0 Å². The molecule has 2 aromatic carbocycles. The van der Waals surface area contributed by atoms with E-state index in [1.807, 2.05) is 56.4 Å². The van der Waals surface area contributed by atoms with Crippen molar-refractivity contribution in [3.8, 4) is 28.5 Å². The van der Waals surface area contributed by atoms with Crippen LogP contribution in [0.4, 0.5) is 23.0 Å². The molecule has 0 fully saturated rings. The van der Waals surface area contributed by atoms with Gasteiger partial charge in [0.15, 0.2) is 5.75 Å². The van der Waals surface area contributed by atoms with Crippen molar-refractivity contribution in [1.82, 2.24) is 19.9 Å². The number of amides is 1. The van der Waals surface area contributed by atoms with Crippen LogP contribution in [0, 0.1) is 5.41 Å². The van der Waals surface area contributed by atoms with E-state index in [9.17, 15) is 4.79 Å². The Hall–Kier alpha value is -5.29. The highest BCUT2D eigenvalue weighted by molar-refractivity contribution is 6.02. The summed E-state index contributed by atoms with van der Waals surface area (Å²) in [5.41, 5.74) is 3.69. The first-order valence-corrected chi connectivity index (χ1v) is 13.2. The molecule has 11 heteroatoms. The number of nitrogens with one attached hydrogen (secondary N) is 3. The molecule has 2 aromatic heterocycles. The van der Waals surface area contributed by atoms with Crippen LogP contribution in [0.2, 0.25) is 0 Å². The lowest BCUT2D eigenvalue weighted by molar-refractivity contribution is -0.111. The molecule has 2 heterocycles. The van der Waals surface area contributed by atoms with Crippen LogP contribution in [0.1, 0.15) is 5.69 Å². The van der Waals surface area contributed by atoms with Crippen molar-refractivity contribution in [1.29, 1.82) is 5.41 Å². The maximum absolute atomic E-state index is 12.3. The van der Waals surface area contributed by atoms with Crippen LogP contribution in [0.3, 0.4) is 0 Å². The number of carbonyl (C=O) groups is 1. The minimum Gasteiger partial charge on any atom is -0.494 e. The maximum Gasteiger partial charge on any atom is 0.247 e. The summed E-state index contributed by atoms with van der Waals surface area (Å²) in [5, 5.41) is 13.8. The molecule has 0 unspecified atom stereocenters. The summed E-state index contributed by atoms with van der Waals surface area (Å²) < 4.78 is 11.9. The molecule has 0 saturated heterocycles. The van der Waals surface area contributed by atoms with Gasteiger partial charge in [-0.1, -0.05) is 18.7 Å². The van der Waals surface area contributed by atoms with Gasteiger partial charge in [0.25, 0.3) is 0 Å². The van der Waals surface area contributed by atoms with Crippen LogP contribution >= 0.6 is 0 Å². The molecule has 0 radical (unpaired) electrons. The predicted octanol–water partition coefficient (Wildman–Crippen LogP) is 5.20. The van der Waals surface area contributed by atoms with Crippen molar-refractivity contribution >= 4 is 35.1 Å². The van der Waals surface area contributed by atoms with Crippen LogP contribution in [-0.4, -0.2) is 73.3 Å². The summed E-state index contributed by atoms with van der Waals surface area (Å²) >= 11 is 0. The van der Waals surface area contributed by atoms with Gasteiger partial charge in [0, 0.05) is 50.4 Å². The molecule has 0 aliphatic heterocycles. The molecule has 0 aliphatic carbocycles. The van der Waals surface area contributed by atoms with Gasteiger partial charge < -0.3 is 35.3 Å². The average molecular weight is 567 g/mol. The SMILES string of the molecule is C=CC(=O)Nc1cc(Nc2nccc(-c3ccccc3Oc3cccnc3C=N)n2)c(OC)cc1N(C)CCN(C)C. The number of rotatable bonds is 13. The number of hydrogen-bond acceptors (Lipinski definition) is 10. The highest BCUT2D eigenvalue weighted by Gasteiger charge is 2.17. The second-order valence-electron chi connectivity index (χ2n) is 9.51. The van der Waals surface area contributed by atoms with Crippen molar-refractivity contribution in [3.63, 3.8) is 0 Å². The van der Waals surface area contributed by atoms with E-state index in [4.69, 9.17) is 19.9 Å². The van der Waals surface area contributed by atoms with Crippen molar-refractivity contribution in [2.24, 2.45) is 0 Å². The van der Waals surface area contributed by atoms with Gasteiger partial charge in [-0.05, 0) is 56.6 Å². The Kier molecular flexibility index (Phi) is 9.80. The number of para-hydroxylation sites is 1. The van der Waals surface area contributed by atoms with Crippen LogP contribution in [0.25, 0.3) is 11.3 Å². The number of aromatic nitrogens is 3. The Balaban J connectivity index is 1.68. The zero-order chi connectivity index (χ0) is 30.1. The Morgan fingerprint density at radius 1 is 0.976 bits per heavy atom. The molecule has 0 atom stereocenters. The van der Waals surface area contributed by atoms with Gasteiger partial charge in [-0.25, -0.2) is 9.97 Å². The third kappa shape index (κ3) is 7.26. The number of pyridine rings is 1. The second kappa shape index (κ2) is 13.9. The Morgan fingerprint density at radius 2 is 1.76 bits per heavy atom. The molecule has 4 aromatic rings. The molecule has 1 amide bonds. The van der Waals surface area contributed by atoms with E-state index in [1.165, 1.54) is 6.08 Å². The summed E-state index contributed by atoms with van der Waals surface area (Å²) in [6.07, 6.45) is 5.63. The molecule has 0 aliphatic rings. The summed E-state index contributed by atoms with van der Waals surface area (Å²) in [7, 11) is 7.55. The zero-order valence-electron chi connectivity index (χ0n) is 24.1. The van der Waals surface area contributed by atoms with E-state index in [0.29, 0.717) is 46.0 Å². The van der Waals surface area contributed by atoms with Crippen molar-refractivity contribution in [3.05, 3.63) is 85.3 Å². The largest absolute Gasteiger partial charge is 0.494 e. The number of ether oxygens (including phenoxy) is 2. The van der Waals surface area contributed by atoms with E-state index in [-0.39, 0.29) is 5.91 Å². The molecule has 42 heavy (non-hydrogen) atoms. The molecule has 0 saturated carbocycles. The normalized spacial score (nSPS) is 10.6. The third-order valence-corrected chi connectivity index (χ3v) is 6.28. The Bertz CT molecular complexity index is 1570. The first-order valence-electron chi connectivity index (χ1n) is 13.2. The molecular formula is C31H34N8O3.